The highest BCUT2D eigenvalue weighted by atomic mass is 31.2. The molecule has 0 bridgehead atoms. The lowest BCUT2D eigenvalue weighted by Crippen LogP contribution is -2.20. The van der Waals surface area contributed by atoms with Crippen molar-refractivity contribution in [2.24, 2.45) is 0 Å². The van der Waals surface area contributed by atoms with E-state index in [4.69, 9.17) is 4.52 Å². The minimum atomic E-state index is -4.39. The predicted octanol–water partition coefficient (Wildman–Crippen LogP) is 2.48. The minimum Gasteiger partial charge on any atom is -0.756 e. The van der Waals surface area contributed by atoms with Gasteiger partial charge in [0, 0.05) is 13.5 Å². The molecule has 0 aliphatic heterocycles. The molecule has 0 fully saturated rings. The second kappa shape index (κ2) is 19.6. The van der Waals surface area contributed by atoms with Crippen molar-refractivity contribution in [3.63, 3.8) is 0 Å². The number of carbonyl (C=O) groups excluding carboxylic acids is 1. The Labute approximate surface area is 191 Å². The maximum Gasteiger partial charge on any atom is 0.268 e. The van der Waals surface area contributed by atoms with E-state index in [0.29, 0.717) is 19.4 Å². The SMILES string of the molecule is C=C=C=C(C#CC#CC#CC#CC#CCOP(=O)([O-])OCCCCCCNC(C)=O)CC. The third-order valence-electron chi connectivity index (χ3n) is 3.32. The van der Waals surface area contributed by atoms with Gasteiger partial charge in [-0.05, 0) is 79.1 Å². The number of hydrogen-bond donors (Lipinski definition) is 1. The van der Waals surface area contributed by atoms with Crippen LogP contribution in [0.1, 0.15) is 46.0 Å². The van der Waals surface area contributed by atoms with Crippen molar-refractivity contribution in [3.8, 4) is 59.2 Å². The number of phosphoric ester groups is 1. The van der Waals surface area contributed by atoms with E-state index < -0.39 is 7.82 Å². The molecule has 1 amide bonds. The first-order valence-electron chi connectivity index (χ1n) is 9.88. The highest BCUT2D eigenvalue weighted by molar-refractivity contribution is 7.45. The summed E-state index contributed by atoms with van der Waals surface area (Å²) in [5.74, 6) is 25.2. The minimum absolute atomic E-state index is 0.0378. The van der Waals surface area contributed by atoms with Crippen molar-refractivity contribution in [2.45, 2.75) is 46.0 Å². The van der Waals surface area contributed by atoms with Crippen molar-refractivity contribution in [2.75, 3.05) is 19.8 Å². The molecular formula is C25H25NO5P-. The molecular weight excluding hydrogens is 425 g/mol. The van der Waals surface area contributed by atoms with Gasteiger partial charge in [-0.15, -0.1) is 0 Å². The van der Waals surface area contributed by atoms with Gasteiger partial charge in [0.25, 0.3) is 7.82 Å². The van der Waals surface area contributed by atoms with Crippen LogP contribution in [0.5, 0.6) is 0 Å². The molecule has 0 aliphatic carbocycles. The van der Waals surface area contributed by atoms with E-state index >= 15 is 0 Å². The fraction of sp³-hybridized carbons (Fsp3) is 0.400. The van der Waals surface area contributed by atoms with Crippen molar-refractivity contribution < 1.29 is 23.3 Å². The molecule has 0 aromatic rings. The molecule has 0 saturated heterocycles. The number of allylic oxidation sites excluding steroid dienone is 1. The number of phosphoric acid groups is 1. The molecule has 0 aromatic heterocycles. The Morgan fingerprint density at radius 1 is 0.969 bits per heavy atom. The summed E-state index contributed by atoms with van der Waals surface area (Å²) in [7, 11) is -4.39. The van der Waals surface area contributed by atoms with Gasteiger partial charge in [-0.2, -0.15) is 0 Å². The summed E-state index contributed by atoms with van der Waals surface area (Å²) >= 11 is 0. The molecule has 0 spiro atoms. The van der Waals surface area contributed by atoms with E-state index in [0.717, 1.165) is 24.8 Å². The highest BCUT2D eigenvalue weighted by Crippen LogP contribution is 2.37. The molecule has 1 N–H and O–H groups in total. The normalized spacial score (nSPS) is 10.1. The van der Waals surface area contributed by atoms with Crippen LogP contribution in [0, 0.1) is 59.2 Å². The van der Waals surface area contributed by atoms with E-state index in [-0.39, 0.29) is 19.1 Å². The Morgan fingerprint density at radius 2 is 1.59 bits per heavy atom. The molecule has 0 aromatic carbocycles. The number of unbranched alkanes of at least 4 members (excludes halogenated alkanes) is 3. The van der Waals surface area contributed by atoms with Crippen LogP contribution >= 0.6 is 7.82 Å². The van der Waals surface area contributed by atoms with Crippen LogP contribution in [0.25, 0.3) is 0 Å². The maximum atomic E-state index is 11.6. The van der Waals surface area contributed by atoms with Crippen molar-refractivity contribution in [1.29, 1.82) is 0 Å². The first kappa shape index (κ1) is 28.7. The van der Waals surface area contributed by atoms with Gasteiger partial charge in [0.15, 0.2) is 0 Å². The van der Waals surface area contributed by atoms with Crippen molar-refractivity contribution in [1.82, 2.24) is 5.32 Å². The van der Waals surface area contributed by atoms with Gasteiger partial charge >= 0.3 is 0 Å². The monoisotopic (exact) mass is 450 g/mol. The largest absolute Gasteiger partial charge is 0.756 e. The standard InChI is InChI=1S/C25H26NO5P/c1-4-19-25(5-2)20-15-11-9-7-6-8-10-13-17-22-30-32(28,29)31-23-18-14-12-16-21-26-24(3)27/h1,5,12,14,16,18,21-23H2,2-3H3,(H,26,27)(H,28,29)/p-1. The first-order chi connectivity index (χ1) is 15.4. The summed E-state index contributed by atoms with van der Waals surface area (Å²) < 4.78 is 20.9. The Bertz CT molecular complexity index is 1070. The Morgan fingerprint density at radius 3 is 2.22 bits per heavy atom. The Kier molecular flexibility index (Phi) is 17.6. The smallest absolute Gasteiger partial charge is 0.268 e. The topological polar surface area (TPSA) is 87.7 Å². The first-order valence-corrected chi connectivity index (χ1v) is 11.3. The van der Waals surface area contributed by atoms with Crippen LogP contribution in [0.15, 0.2) is 23.6 Å². The van der Waals surface area contributed by atoms with Crippen LogP contribution in [-0.4, -0.2) is 25.7 Å². The molecule has 32 heavy (non-hydrogen) atoms. The van der Waals surface area contributed by atoms with Gasteiger partial charge in [0.2, 0.25) is 5.91 Å². The molecule has 0 rings (SSSR count). The fourth-order valence-corrected chi connectivity index (χ4v) is 2.51. The second-order valence-corrected chi connectivity index (χ2v) is 7.30. The number of nitrogens with one attached hydrogen (secondary N) is 1. The summed E-state index contributed by atoms with van der Waals surface area (Å²) in [5.41, 5.74) is 6.06. The van der Waals surface area contributed by atoms with Crippen LogP contribution in [0.2, 0.25) is 0 Å². The fourth-order valence-electron chi connectivity index (χ4n) is 1.86. The summed E-state index contributed by atoms with van der Waals surface area (Å²) in [4.78, 5) is 22.3. The van der Waals surface area contributed by atoms with E-state index in [9.17, 15) is 14.3 Å². The maximum absolute atomic E-state index is 11.6. The summed E-state index contributed by atoms with van der Waals surface area (Å²) in [6.45, 7) is 7.12. The highest BCUT2D eigenvalue weighted by Gasteiger charge is 2.07. The Hall–Kier alpha value is -3.32. The molecule has 6 nitrogen and oxygen atoms in total. The van der Waals surface area contributed by atoms with E-state index in [1.165, 1.54) is 6.92 Å². The van der Waals surface area contributed by atoms with Gasteiger partial charge in [-0.25, -0.2) is 0 Å². The number of rotatable bonds is 11. The average molecular weight is 450 g/mol. The lowest BCUT2D eigenvalue weighted by atomic mass is 10.2. The Balaban J connectivity index is 4.12. The zero-order valence-electron chi connectivity index (χ0n) is 18.4. The van der Waals surface area contributed by atoms with Gasteiger partial charge in [-0.3, -0.25) is 9.36 Å². The lowest BCUT2D eigenvalue weighted by Gasteiger charge is -2.21. The second-order valence-electron chi connectivity index (χ2n) is 5.89. The molecule has 1 unspecified atom stereocenters. The van der Waals surface area contributed by atoms with Crippen LogP contribution in [0.4, 0.5) is 0 Å². The van der Waals surface area contributed by atoms with Crippen molar-refractivity contribution in [3.05, 3.63) is 23.6 Å². The van der Waals surface area contributed by atoms with Crippen LogP contribution < -0.4 is 10.2 Å². The number of hydrogen-bond acceptors (Lipinski definition) is 5. The lowest BCUT2D eigenvalue weighted by molar-refractivity contribution is -0.224. The average Bonchev–Trinajstić information content (AvgIpc) is 2.75. The summed E-state index contributed by atoms with van der Waals surface area (Å²) in [6, 6.07) is 0. The third kappa shape index (κ3) is 20.0. The summed E-state index contributed by atoms with van der Waals surface area (Å²) in [5, 5.41) is 2.69. The zero-order chi connectivity index (χ0) is 23.9. The molecule has 0 aliphatic rings. The predicted molar refractivity (Wildman–Crippen MR) is 122 cm³/mol. The number of amides is 1. The number of carbonyl (C=O) groups is 1. The van der Waals surface area contributed by atoms with Gasteiger partial charge in [-0.1, -0.05) is 37.1 Å². The molecule has 0 heterocycles. The van der Waals surface area contributed by atoms with Crippen LogP contribution in [0.3, 0.4) is 0 Å². The molecule has 0 radical (unpaired) electrons. The van der Waals surface area contributed by atoms with E-state index in [1.54, 1.807) is 0 Å². The van der Waals surface area contributed by atoms with E-state index in [2.05, 4.69) is 87.1 Å². The molecule has 1 atom stereocenters. The van der Waals surface area contributed by atoms with E-state index in [1.807, 2.05) is 6.92 Å². The van der Waals surface area contributed by atoms with Crippen molar-refractivity contribution >= 4 is 13.7 Å². The quantitative estimate of drug-likeness (QED) is 0.226. The molecule has 0 saturated carbocycles. The molecule has 166 valence electrons. The summed E-state index contributed by atoms with van der Waals surface area (Å²) in [6.07, 6.45) is 3.77. The zero-order valence-corrected chi connectivity index (χ0v) is 19.2. The van der Waals surface area contributed by atoms with Gasteiger partial charge < -0.3 is 19.3 Å². The van der Waals surface area contributed by atoms with Crippen LogP contribution in [-0.2, 0) is 18.4 Å². The van der Waals surface area contributed by atoms with Gasteiger partial charge in [0.1, 0.15) is 6.61 Å². The molecule has 7 heteroatoms. The van der Waals surface area contributed by atoms with Gasteiger partial charge in [0.05, 0.1) is 12.2 Å². The third-order valence-corrected chi connectivity index (χ3v) is 4.27.